The van der Waals surface area contributed by atoms with Crippen molar-refractivity contribution in [1.29, 1.82) is 0 Å². The third-order valence-corrected chi connectivity index (χ3v) is 3.72. The Morgan fingerprint density at radius 2 is 2.10 bits per heavy atom. The monoisotopic (exact) mass is 356 g/mol. The molecule has 0 amide bonds. The van der Waals surface area contributed by atoms with E-state index in [4.69, 9.17) is 11.6 Å². The van der Waals surface area contributed by atoms with Gasteiger partial charge in [0.1, 0.15) is 5.82 Å². The summed E-state index contributed by atoms with van der Waals surface area (Å²) in [5.74, 6) is 0.696. The lowest BCUT2D eigenvalue weighted by molar-refractivity contribution is -0.384. The maximum absolute atomic E-state index is 11.0. The minimum atomic E-state index is -0.486. The normalized spacial score (nSPS) is 10.2. The lowest BCUT2D eigenvalue weighted by Gasteiger charge is -2.09. The second-order valence-corrected chi connectivity index (χ2v) is 5.09. The van der Waals surface area contributed by atoms with Crippen LogP contribution in [0.1, 0.15) is 0 Å². The number of pyridine rings is 1. The number of benzene rings is 1. The lowest BCUT2D eigenvalue weighted by Crippen LogP contribution is -2.02. The Morgan fingerprint density at radius 1 is 1.35 bits per heavy atom. The molecule has 1 heterocycles. The largest absolute Gasteiger partial charge is 0.373 e. The molecule has 0 saturated carbocycles. The van der Waals surface area contributed by atoms with Gasteiger partial charge >= 0.3 is 5.69 Å². The van der Waals surface area contributed by atoms with Crippen LogP contribution >= 0.6 is 27.5 Å². The summed E-state index contributed by atoms with van der Waals surface area (Å²) in [6, 6.07) is 8.05. The molecule has 0 spiro atoms. The molecule has 0 fully saturated rings. The molecule has 104 valence electrons. The van der Waals surface area contributed by atoms with Crippen LogP contribution in [0, 0.1) is 10.1 Å². The Bertz CT molecular complexity index is 666. The van der Waals surface area contributed by atoms with Gasteiger partial charge in [-0.05, 0) is 40.2 Å². The molecule has 0 saturated heterocycles. The van der Waals surface area contributed by atoms with Crippen molar-refractivity contribution >= 4 is 50.5 Å². The third kappa shape index (κ3) is 3.17. The predicted octanol–water partition coefficient (Wildman–Crippen LogP) is 4.19. The van der Waals surface area contributed by atoms with Crippen molar-refractivity contribution in [2.45, 2.75) is 0 Å². The van der Waals surface area contributed by atoms with Gasteiger partial charge in [-0.1, -0.05) is 11.6 Å². The molecule has 8 heteroatoms. The SMILES string of the molecule is CNc1ccc([N+](=O)[O-])c(Nc2ccc(Cl)c(Br)c2)n1. The number of halogens is 2. The van der Waals surface area contributed by atoms with E-state index in [1.54, 1.807) is 31.3 Å². The van der Waals surface area contributed by atoms with E-state index in [0.29, 0.717) is 21.0 Å². The van der Waals surface area contributed by atoms with E-state index in [2.05, 4.69) is 31.5 Å². The zero-order valence-electron chi connectivity index (χ0n) is 10.4. The van der Waals surface area contributed by atoms with E-state index >= 15 is 0 Å². The van der Waals surface area contributed by atoms with Crippen molar-refractivity contribution in [2.24, 2.45) is 0 Å². The molecule has 0 unspecified atom stereocenters. The summed E-state index contributed by atoms with van der Waals surface area (Å²) in [5.41, 5.74) is 0.542. The Balaban J connectivity index is 2.40. The fourth-order valence-corrected chi connectivity index (χ4v) is 2.04. The van der Waals surface area contributed by atoms with E-state index < -0.39 is 4.92 Å². The van der Waals surface area contributed by atoms with Crippen LogP contribution in [0.3, 0.4) is 0 Å². The summed E-state index contributed by atoms with van der Waals surface area (Å²) in [7, 11) is 1.69. The van der Waals surface area contributed by atoms with Crippen molar-refractivity contribution in [3.63, 3.8) is 0 Å². The molecular weight excluding hydrogens is 348 g/mol. The van der Waals surface area contributed by atoms with E-state index in [1.807, 2.05) is 0 Å². The van der Waals surface area contributed by atoms with Gasteiger partial charge in [0.05, 0.1) is 9.95 Å². The van der Waals surface area contributed by atoms with Crippen LogP contribution in [0.5, 0.6) is 0 Å². The highest BCUT2D eigenvalue weighted by Gasteiger charge is 2.16. The fourth-order valence-electron chi connectivity index (χ4n) is 1.54. The highest BCUT2D eigenvalue weighted by Crippen LogP contribution is 2.30. The summed E-state index contributed by atoms with van der Waals surface area (Å²) in [6.45, 7) is 0. The van der Waals surface area contributed by atoms with Crippen molar-refractivity contribution in [3.05, 3.63) is 49.9 Å². The lowest BCUT2D eigenvalue weighted by atomic mass is 10.3. The van der Waals surface area contributed by atoms with Gasteiger partial charge in [0.2, 0.25) is 5.82 Å². The molecule has 2 N–H and O–H groups in total. The van der Waals surface area contributed by atoms with Gasteiger partial charge in [0.15, 0.2) is 0 Å². The molecule has 0 atom stereocenters. The molecule has 6 nitrogen and oxygen atoms in total. The van der Waals surface area contributed by atoms with Crippen molar-refractivity contribution in [3.8, 4) is 0 Å². The predicted molar refractivity (Wildman–Crippen MR) is 82.9 cm³/mol. The molecule has 0 aliphatic carbocycles. The second kappa shape index (κ2) is 6.06. The standard InChI is InChI=1S/C12H10BrClN4O2/c1-15-11-5-4-10(18(19)20)12(17-11)16-7-2-3-9(14)8(13)6-7/h2-6H,1H3,(H2,15,16,17). The number of anilines is 3. The quantitative estimate of drug-likeness (QED) is 0.633. The molecule has 2 aromatic rings. The molecular formula is C12H10BrClN4O2. The topological polar surface area (TPSA) is 80.1 Å². The number of nitrogens with one attached hydrogen (secondary N) is 2. The first-order valence-corrected chi connectivity index (χ1v) is 6.73. The van der Waals surface area contributed by atoms with Crippen molar-refractivity contribution < 1.29 is 4.92 Å². The highest BCUT2D eigenvalue weighted by molar-refractivity contribution is 9.10. The minimum absolute atomic E-state index is 0.102. The van der Waals surface area contributed by atoms with E-state index in [9.17, 15) is 10.1 Å². The molecule has 20 heavy (non-hydrogen) atoms. The fraction of sp³-hybridized carbons (Fsp3) is 0.0833. The first-order valence-electron chi connectivity index (χ1n) is 5.56. The summed E-state index contributed by atoms with van der Waals surface area (Å²) in [6.07, 6.45) is 0. The molecule has 0 radical (unpaired) electrons. The van der Waals surface area contributed by atoms with Gasteiger partial charge in [-0.3, -0.25) is 10.1 Å². The van der Waals surface area contributed by atoms with E-state index in [-0.39, 0.29) is 11.5 Å². The maximum atomic E-state index is 11.0. The molecule has 0 bridgehead atoms. The van der Waals surface area contributed by atoms with Crippen molar-refractivity contribution in [2.75, 3.05) is 17.7 Å². The molecule has 0 aliphatic heterocycles. The summed E-state index contributed by atoms with van der Waals surface area (Å²) >= 11 is 9.20. The van der Waals surface area contributed by atoms with E-state index in [0.717, 1.165) is 0 Å². The second-order valence-electron chi connectivity index (χ2n) is 3.83. The number of hydrogen-bond acceptors (Lipinski definition) is 5. The number of rotatable bonds is 4. The molecule has 1 aromatic heterocycles. The van der Waals surface area contributed by atoms with Gasteiger partial charge in [0.25, 0.3) is 0 Å². The Morgan fingerprint density at radius 3 is 2.70 bits per heavy atom. The van der Waals surface area contributed by atoms with Crippen molar-refractivity contribution in [1.82, 2.24) is 4.98 Å². The van der Waals surface area contributed by atoms with Crippen LogP contribution in [-0.2, 0) is 0 Å². The zero-order valence-corrected chi connectivity index (χ0v) is 12.7. The Labute approximate surface area is 128 Å². The maximum Gasteiger partial charge on any atom is 0.311 e. The van der Waals surface area contributed by atoms with Crippen LogP contribution in [0.25, 0.3) is 0 Å². The van der Waals surface area contributed by atoms with Gasteiger partial charge in [0, 0.05) is 23.3 Å². The summed E-state index contributed by atoms with van der Waals surface area (Å²) in [5, 5.41) is 17.3. The van der Waals surface area contributed by atoms with Gasteiger partial charge < -0.3 is 10.6 Å². The van der Waals surface area contributed by atoms with Crippen LogP contribution < -0.4 is 10.6 Å². The molecule has 0 aliphatic rings. The summed E-state index contributed by atoms with van der Waals surface area (Å²) in [4.78, 5) is 14.7. The van der Waals surface area contributed by atoms with Gasteiger partial charge in [-0.15, -0.1) is 0 Å². The number of nitrogens with zero attached hydrogens (tertiary/aromatic N) is 2. The first-order chi connectivity index (χ1) is 9.51. The van der Waals surface area contributed by atoms with Crippen LogP contribution in [0.4, 0.5) is 23.0 Å². The average Bonchev–Trinajstić information content (AvgIpc) is 2.42. The molecule has 1 aromatic carbocycles. The number of aromatic nitrogens is 1. The highest BCUT2D eigenvalue weighted by atomic mass is 79.9. The minimum Gasteiger partial charge on any atom is -0.373 e. The first kappa shape index (κ1) is 14.5. The van der Waals surface area contributed by atoms with Crippen LogP contribution in [0.15, 0.2) is 34.8 Å². The number of hydrogen-bond donors (Lipinski definition) is 2. The Hall–Kier alpha value is -1.86. The number of nitro groups is 1. The van der Waals surface area contributed by atoms with Crippen LogP contribution in [0.2, 0.25) is 5.02 Å². The Kier molecular flexibility index (Phi) is 4.41. The molecule has 2 rings (SSSR count). The third-order valence-electron chi connectivity index (χ3n) is 2.51. The summed E-state index contributed by atoms with van der Waals surface area (Å²) < 4.78 is 0.691. The van der Waals surface area contributed by atoms with Gasteiger partial charge in [-0.25, -0.2) is 4.98 Å². The van der Waals surface area contributed by atoms with E-state index in [1.165, 1.54) is 6.07 Å². The average molecular weight is 358 g/mol. The van der Waals surface area contributed by atoms with Gasteiger partial charge in [-0.2, -0.15) is 0 Å². The van der Waals surface area contributed by atoms with Crippen LogP contribution in [-0.4, -0.2) is 17.0 Å². The zero-order chi connectivity index (χ0) is 14.7. The smallest absolute Gasteiger partial charge is 0.311 e.